The smallest absolute Gasteiger partial charge is 0.262 e. The van der Waals surface area contributed by atoms with Crippen molar-refractivity contribution in [1.82, 2.24) is 14.8 Å². The van der Waals surface area contributed by atoms with Gasteiger partial charge >= 0.3 is 0 Å². The van der Waals surface area contributed by atoms with Gasteiger partial charge in [-0.25, -0.2) is 0 Å². The van der Waals surface area contributed by atoms with Crippen molar-refractivity contribution in [2.45, 2.75) is 30.2 Å². The number of para-hydroxylation sites is 1. The van der Waals surface area contributed by atoms with Crippen molar-refractivity contribution in [2.24, 2.45) is 0 Å². The molecule has 1 aromatic heterocycles. The van der Waals surface area contributed by atoms with Gasteiger partial charge in [-0.05, 0) is 50.1 Å². The Morgan fingerprint density at radius 2 is 1.97 bits per heavy atom. The number of carbonyl (C=O) groups is 2. The summed E-state index contributed by atoms with van der Waals surface area (Å²) in [6.07, 6.45) is 2.21. The highest BCUT2D eigenvalue weighted by molar-refractivity contribution is 8.00. The summed E-state index contributed by atoms with van der Waals surface area (Å²) in [5, 5.41) is 12.4. The molecule has 10 heteroatoms. The van der Waals surface area contributed by atoms with E-state index in [-0.39, 0.29) is 18.3 Å². The highest BCUT2D eigenvalue weighted by Gasteiger charge is 2.27. The maximum absolute atomic E-state index is 13.2. The lowest BCUT2D eigenvalue weighted by atomic mass is 10.1. The van der Waals surface area contributed by atoms with Crippen LogP contribution in [0.4, 0.5) is 11.6 Å². The summed E-state index contributed by atoms with van der Waals surface area (Å²) in [7, 11) is 0. The lowest BCUT2D eigenvalue weighted by Gasteiger charge is -2.20. The summed E-state index contributed by atoms with van der Waals surface area (Å²) in [6, 6.07) is 12.6. The Labute approximate surface area is 200 Å². The topological polar surface area (TPSA) is 89.4 Å². The number of amides is 1. The van der Waals surface area contributed by atoms with E-state index in [4.69, 9.17) is 16.3 Å². The third-order valence-electron chi connectivity index (χ3n) is 5.65. The van der Waals surface area contributed by atoms with Gasteiger partial charge in [0.2, 0.25) is 5.95 Å². The maximum Gasteiger partial charge on any atom is 0.262 e. The van der Waals surface area contributed by atoms with E-state index in [1.165, 1.54) is 11.8 Å². The van der Waals surface area contributed by atoms with Gasteiger partial charge in [0.25, 0.3) is 5.91 Å². The van der Waals surface area contributed by atoms with Gasteiger partial charge in [-0.3, -0.25) is 14.2 Å². The number of fused-ring (bicyclic) bond motifs is 1. The van der Waals surface area contributed by atoms with Crippen LogP contribution in [0.1, 0.15) is 30.1 Å². The van der Waals surface area contributed by atoms with Gasteiger partial charge in [0.15, 0.2) is 17.5 Å². The Balaban J connectivity index is 1.44. The van der Waals surface area contributed by atoms with Crippen LogP contribution >= 0.6 is 23.4 Å². The molecule has 0 radical (unpaired) electrons. The van der Waals surface area contributed by atoms with Gasteiger partial charge in [0.1, 0.15) is 5.75 Å². The van der Waals surface area contributed by atoms with Crippen LogP contribution in [0.15, 0.2) is 47.6 Å². The van der Waals surface area contributed by atoms with Gasteiger partial charge in [0, 0.05) is 18.7 Å². The van der Waals surface area contributed by atoms with Crippen molar-refractivity contribution >= 4 is 46.7 Å². The van der Waals surface area contributed by atoms with Crippen molar-refractivity contribution in [3.8, 4) is 11.4 Å². The van der Waals surface area contributed by atoms with E-state index in [1.807, 2.05) is 35.8 Å². The van der Waals surface area contributed by atoms with Crippen molar-refractivity contribution in [2.75, 3.05) is 29.9 Å². The predicted molar refractivity (Wildman–Crippen MR) is 128 cm³/mol. The summed E-state index contributed by atoms with van der Waals surface area (Å²) in [6.45, 7) is 3.63. The zero-order valence-corrected chi connectivity index (χ0v) is 19.5. The van der Waals surface area contributed by atoms with Crippen molar-refractivity contribution in [1.29, 1.82) is 0 Å². The monoisotopic (exact) mass is 483 g/mol. The van der Waals surface area contributed by atoms with Crippen LogP contribution in [0, 0.1) is 0 Å². The van der Waals surface area contributed by atoms with Crippen LogP contribution in [-0.2, 0) is 4.79 Å². The molecule has 0 bridgehead atoms. The van der Waals surface area contributed by atoms with Gasteiger partial charge in [-0.15, -0.1) is 10.2 Å². The second-order valence-electron chi connectivity index (χ2n) is 7.94. The molecule has 3 heterocycles. The number of ketones is 1. The number of hydrogen-bond donors (Lipinski definition) is 1. The predicted octanol–water partition coefficient (Wildman–Crippen LogP) is 4.22. The molecule has 2 aliphatic heterocycles. The number of nitrogens with one attached hydrogen (secondary N) is 1. The van der Waals surface area contributed by atoms with Crippen molar-refractivity contribution in [3.63, 3.8) is 0 Å². The average Bonchev–Trinajstić information content (AvgIpc) is 3.48. The van der Waals surface area contributed by atoms with E-state index < -0.39 is 5.25 Å². The zero-order chi connectivity index (χ0) is 22.9. The molecule has 8 nitrogen and oxygen atoms in total. The summed E-state index contributed by atoms with van der Waals surface area (Å²) < 4.78 is 7.32. The van der Waals surface area contributed by atoms with Gasteiger partial charge in [0.05, 0.1) is 21.6 Å². The molecule has 3 aromatic rings. The highest BCUT2D eigenvalue weighted by Crippen LogP contribution is 2.35. The number of anilines is 2. The van der Waals surface area contributed by atoms with E-state index in [2.05, 4.69) is 20.4 Å². The molecule has 0 aliphatic carbocycles. The minimum Gasteiger partial charge on any atom is -0.482 e. The first kappa shape index (κ1) is 21.8. The molecule has 0 saturated carbocycles. The van der Waals surface area contributed by atoms with E-state index in [0.29, 0.717) is 27.2 Å². The lowest BCUT2D eigenvalue weighted by Crippen LogP contribution is -2.26. The third-order valence-corrected chi connectivity index (χ3v) is 7.01. The van der Waals surface area contributed by atoms with Crippen LogP contribution in [0.25, 0.3) is 5.69 Å². The summed E-state index contributed by atoms with van der Waals surface area (Å²) in [5.41, 5.74) is 1.77. The Bertz CT molecular complexity index is 1220. The van der Waals surface area contributed by atoms with Crippen LogP contribution in [0.2, 0.25) is 5.02 Å². The molecule has 0 spiro atoms. The van der Waals surface area contributed by atoms with Crippen molar-refractivity contribution in [3.05, 3.63) is 53.1 Å². The molecule has 1 fully saturated rings. The second-order valence-corrected chi connectivity index (χ2v) is 9.65. The number of thioether (sulfide) groups is 1. The van der Waals surface area contributed by atoms with Gasteiger partial charge in [-0.1, -0.05) is 35.5 Å². The molecular weight excluding hydrogens is 462 g/mol. The molecule has 0 unspecified atom stereocenters. The fourth-order valence-electron chi connectivity index (χ4n) is 3.99. The largest absolute Gasteiger partial charge is 0.482 e. The number of hydrogen-bond acceptors (Lipinski definition) is 7. The van der Waals surface area contributed by atoms with E-state index in [1.54, 1.807) is 18.2 Å². The van der Waals surface area contributed by atoms with E-state index in [0.717, 1.165) is 37.6 Å². The molecular formula is C23H22ClN5O3S. The number of benzene rings is 2. The molecule has 1 saturated heterocycles. The average molecular weight is 484 g/mol. The first-order valence-corrected chi connectivity index (χ1v) is 12.0. The van der Waals surface area contributed by atoms with Gasteiger partial charge in [-0.2, -0.15) is 0 Å². The van der Waals surface area contributed by atoms with Crippen LogP contribution in [0.3, 0.4) is 0 Å². The van der Waals surface area contributed by atoms with E-state index in [9.17, 15) is 9.59 Å². The first-order chi connectivity index (χ1) is 16.0. The molecule has 1 atom stereocenters. The fraction of sp³-hybridized carbons (Fsp3) is 0.304. The molecule has 1 amide bonds. The summed E-state index contributed by atoms with van der Waals surface area (Å²) in [5.74, 6) is 0.965. The van der Waals surface area contributed by atoms with E-state index >= 15 is 0 Å². The van der Waals surface area contributed by atoms with Crippen LogP contribution < -0.4 is 15.0 Å². The number of halogens is 1. The molecule has 170 valence electrons. The van der Waals surface area contributed by atoms with Crippen LogP contribution in [-0.4, -0.2) is 51.4 Å². The maximum atomic E-state index is 13.2. The Hall–Kier alpha value is -3.04. The number of rotatable bonds is 6. The Morgan fingerprint density at radius 1 is 1.18 bits per heavy atom. The second kappa shape index (κ2) is 9.07. The molecule has 2 aliphatic rings. The number of Topliss-reactive ketones (excluding diaryl/α,β-unsaturated/α-hetero) is 1. The molecule has 5 rings (SSSR count). The Kier molecular flexibility index (Phi) is 5.99. The van der Waals surface area contributed by atoms with Crippen molar-refractivity contribution < 1.29 is 14.3 Å². The fourth-order valence-corrected chi connectivity index (χ4v) is 5.14. The Morgan fingerprint density at radius 3 is 2.76 bits per heavy atom. The quantitative estimate of drug-likeness (QED) is 0.415. The molecule has 33 heavy (non-hydrogen) atoms. The molecule has 2 aromatic carbocycles. The summed E-state index contributed by atoms with van der Waals surface area (Å²) in [4.78, 5) is 27.1. The number of ether oxygens (including phenoxy) is 1. The SMILES string of the molecule is C[C@H](Sc1nnc(N2CCCC2)n1-c1ccccc1Cl)C(=O)c1ccc2c(c1)NC(=O)CO2. The number of nitrogens with zero attached hydrogens (tertiary/aromatic N) is 4. The third kappa shape index (κ3) is 4.30. The van der Waals surface area contributed by atoms with Gasteiger partial charge < -0.3 is 15.0 Å². The number of carbonyl (C=O) groups excluding carboxylic acids is 2. The van der Waals surface area contributed by atoms with Crippen LogP contribution in [0.5, 0.6) is 5.75 Å². The standard InChI is InChI=1S/C23H22ClN5O3S/c1-14(21(31)15-8-9-19-17(12-15)25-20(30)13-32-19)33-23-27-26-22(28-10-4-5-11-28)29(23)18-7-3-2-6-16(18)24/h2-3,6-9,12,14H,4-5,10-11,13H2,1H3,(H,25,30)/t14-/m0/s1. The lowest BCUT2D eigenvalue weighted by molar-refractivity contribution is -0.118. The first-order valence-electron chi connectivity index (χ1n) is 10.7. The minimum absolute atomic E-state index is 0.0242. The zero-order valence-electron chi connectivity index (χ0n) is 18.0. The number of aromatic nitrogens is 3. The minimum atomic E-state index is -0.444. The summed E-state index contributed by atoms with van der Waals surface area (Å²) >= 11 is 7.85. The highest BCUT2D eigenvalue weighted by atomic mass is 35.5. The normalized spacial score (nSPS) is 16.2. The molecule has 1 N–H and O–H groups in total.